The number of piperidine rings is 1. The topological polar surface area (TPSA) is 37.3 Å². The lowest BCUT2D eigenvalue weighted by atomic mass is 9.72. The third-order valence-corrected chi connectivity index (χ3v) is 7.96. The normalized spacial score (nSPS) is 27.6. The van der Waals surface area contributed by atoms with Gasteiger partial charge in [0.1, 0.15) is 0 Å². The molecule has 0 radical (unpaired) electrons. The van der Waals surface area contributed by atoms with Gasteiger partial charge in [0.2, 0.25) is 5.91 Å². The van der Waals surface area contributed by atoms with E-state index in [0.717, 1.165) is 45.2 Å². The van der Waals surface area contributed by atoms with Gasteiger partial charge in [-0.3, -0.25) is 4.79 Å². The van der Waals surface area contributed by atoms with E-state index in [1.54, 1.807) is 0 Å². The summed E-state index contributed by atoms with van der Waals surface area (Å²) < 4.78 is 2.45. The van der Waals surface area contributed by atoms with E-state index < -0.39 is 0 Å². The first kappa shape index (κ1) is 20.1. The van der Waals surface area contributed by atoms with Crippen molar-refractivity contribution in [2.45, 2.75) is 89.3 Å². The van der Waals surface area contributed by atoms with Crippen molar-refractivity contribution in [1.29, 1.82) is 0 Å². The van der Waals surface area contributed by atoms with E-state index in [1.807, 2.05) is 0 Å². The highest BCUT2D eigenvalue weighted by molar-refractivity contribution is 5.89. The van der Waals surface area contributed by atoms with E-state index in [9.17, 15) is 4.79 Å². The first-order valence-electron chi connectivity index (χ1n) is 12.3. The van der Waals surface area contributed by atoms with Crippen molar-refractivity contribution < 1.29 is 4.79 Å². The summed E-state index contributed by atoms with van der Waals surface area (Å²) in [5.41, 5.74) is 4.37. The van der Waals surface area contributed by atoms with E-state index in [0.29, 0.717) is 23.9 Å². The fourth-order valence-corrected chi connectivity index (χ4v) is 6.48. The maximum absolute atomic E-state index is 13.2. The van der Waals surface area contributed by atoms with Crippen LogP contribution in [0.5, 0.6) is 0 Å². The minimum Gasteiger partial charge on any atom is -0.353 e. The SMILES string of the molecule is CCCn1cc2c3c(cccc31)C1C[C@@H](C(=O)NC3CCCCCC3)CN(C)[C@@H]1C2. The van der Waals surface area contributed by atoms with Crippen molar-refractivity contribution in [2.24, 2.45) is 5.92 Å². The van der Waals surface area contributed by atoms with Gasteiger partial charge in [0.25, 0.3) is 0 Å². The standard InChI is InChI=1S/C26H37N3O/c1-3-13-29-17-18-15-24-22(21-11-8-12-23(29)25(18)21)14-19(16-28(24)2)26(30)27-20-9-6-4-5-7-10-20/h8,11-12,17,19-20,22,24H,3-7,9-10,13-16H2,1-2H3,(H,27,30)/t19-,22?,24-/m1/s1. The van der Waals surface area contributed by atoms with Crippen LogP contribution in [0.2, 0.25) is 0 Å². The Labute approximate surface area is 181 Å². The van der Waals surface area contributed by atoms with Gasteiger partial charge < -0.3 is 14.8 Å². The number of likely N-dealkylation sites (tertiary alicyclic amines) is 1. The molecule has 1 aliphatic heterocycles. The number of carbonyl (C=O) groups is 1. The molecule has 1 saturated carbocycles. The first-order valence-corrected chi connectivity index (χ1v) is 12.3. The first-order chi connectivity index (χ1) is 14.7. The van der Waals surface area contributed by atoms with Crippen molar-refractivity contribution in [3.63, 3.8) is 0 Å². The zero-order valence-electron chi connectivity index (χ0n) is 18.7. The zero-order chi connectivity index (χ0) is 20.7. The van der Waals surface area contributed by atoms with Crippen molar-refractivity contribution in [3.8, 4) is 0 Å². The Kier molecular flexibility index (Phi) is 5.61. The molecule has 1 aromatic heterocycles. The molecular weight excluding hydrogens is 370 g/mol. The summed E-state index contributed by atoms with van der Waals surface area (Å²) in [6.07, 6.45) is 13.2. The van der Waals surface area contributed by atoms with Crippen molar-refractivity contribution in [2.75, 3.05) is 13.6 Å². The molecule has 5 rings (SSSR count). The number of amides is 1. The highest BCUT2D eigenvalue weighted by Crippen LogP contribution is 2.45. The fraction of sp³-hybridized carbons (Fsp3) is 0.654. The number of nitrogens with zero attached hydrogens (tertiary/aromatic N) is 2. The van der Waals surface area contributed by atoms with E-state index in [4.69, 9.17) is 0 Å². The lowest BCUT2D eigenvalue weighted by Gasteiger charge is -2.45. The summed E-state index contributed by atoms with van der Waals surface area (Å²) >= 11 is 0. The number of hydrogen-bond acceptors (Lipinski definition) is 2. The molecule has 30 heavy (non-hydrogen) atoms. The number of aryl methyl sites for hydroxylation is 1. The molecule has 3 atom stereocenters. The molecule has 1 saturated heterocycles. The van der Waals surface area contributed by atoms with Crippen LogP contribution >= 0.6 is 0 Å². The molecule has 1 N–H and O–H groups in total. The molecule has 4 nitrogen and oxygen atoms in total. The van der Waals surface area contributed by atoms with Gasteiger partial charge >= 0.3 is 0 Å². The Hall–Kier alpha value is -1.81. The Bertz CT molecular complexity index is 908. The van der Waals surface area contributed by atoms with Crippen LogP contribution in [0.1, 0.15) is 75.3 Å². The van der Waals surface area contributed by atoms with Crippen LogP contribution < -0.4 is 5.32 Å². The summed E-state index contributed by atoms with van der Waals surface area (Å²) in [6, 6.07) is 7.75. The van der Waals surface area contributed by atoms with Gasteiger partial charge in [0.15, 0.2) is 0 Å². The Morgan fingerprint density at radius 3 is 2.73 bits per heavy atom. The number of rotatable bonds is 4. The van der Waals surface area contributed by atoms with Crippen LogP contribution in [-0.2, 0) is 17.8 Å². The summed E-state index contributed by atoms with van der Waals surface area (Å²) in [4.78, 5) is 15.7. The monoisotopic (exact) mass is 407 g/mol. The molecular formula is C26H37N3O. The van der Waals surface area contributed by atoms with Crippen LogP contribution in [0, 0.1) is 5.92 Å². The summed E-state index contributed by atoms with van der Waals surface area (Å²) in [5, 5.41) is 4.92. The molecule has 0 spiro atoms. The van der Waals surface area contributed by atoms with Gasteiger partial charge in [-0.15, -0.1) is 0 Å². The number of fused-ring (bicyclic) bond motifs is 2. The quantitative estimate of drug-likeness (QED) is 0.736. The molecule has 1 aromatic carbocycles. The lowest BCUT2D eigenvalue weighted by molar-refractivity contribution is -0.128. The van der Waals surface area contributed by atoms with Crippen molar-refractivity contribution in [1.82, 2.24) is 14.8 Å². The minimum atomic E-state index is 0.106. The molecule has 3 aliphatic rings. The van der Waals surface area contributed by atoms with Gasteiger partial charge in [-0.25, -0.2) is 0 Å². The molecule has 2 aromatic rings. The fourth-order valence-electron chi connectivity index (χ4n) is 6.48. The van der Waals surface area contributed by atoms with Crippen LogP contribution in [0.3, 0.4) is 0 Å². The van der Waals surface area contributed by atoms with Crippen LogP contribution in [0.4, 0.5) is 0 Å². The molecule has 1 amide bonds. The number of carbonyl (C=O) groups excluding carboxylic acids is 1. The van der Waals surface area contributed by atoms with Gasteiger partial charge in [-0.2, -0.15) is 0 Å². The number of benzene rings is 1. The largest absolute Gasteiger partial charge is 0.353 e. The number of hydrogen-bond donors (Lipinski definition) is 1. The molecule has 1 unspecified atom stereocenters. The molecule has 2 heterocycles. The van der Waals surface area contributed by atoms with Gasteiger partial charge in [-0.1, -0.05) is 44.7 Å². The molecule has 4 heteroatoms. The number of nitrogens with one attached hydrogen (secondary N) is 1. The van der Waals surface area contributed by atoms with Gasteiger partial charge in [0.05, 0.1) is 5.92 Å². The van der Waals surface area contributed by atoms with E-state index >= 15 is 0 Å². The van der Waals surface area contributed by atoms with Gasteiger partial charge in [-0.05, 0) is 56.3 Å². The van der Waals surface area contributed by atoms with E-state index in [1.165, 1.54) is 47.7 Å². The zero-order valence-corrected chi connectivity index (χ0v) is 18.7. The second-order valence-electron chi connectivity index (χ2n) is 10.0. The maximum Gasteiger partial charge on any atom is 0.224 e. The highest BCUT2D eigenvalue weighted by atomic mass is 16.2. The third kappa shape index (κ3) is 3.57. The predicted octanol–water partition coefficient (Wildman–Crippen LogP) is 4.85. The van der Waals surface area contributed by atoms with Crippen molar-refractivity contribution in [3.05, 3.63) is 35.5 Å². The van der Waals surface area contributed by atoms with Crippen molar-refractivity contribution >= 4 is 16.8 Å². The van der Waals surface area contributed by atoms with Gasteiger partial charge in [0, 0.05) is 48.2 Å². The van der Waals surface area contributed by atoms with Crippen LogP contribution in [0.15, 0.2) is 24.4 Å². The maximum atomic E-state index is 13.2. The average molecular weight is 408 g/mol. The third-order valence-electron chi connectivity index (χ3n) is 7.96. The number of likely N-dealkylation sites (N-methyl/N-ethyl adjacent to an activating group) is 1. The van der Waals surface area contributed by atoms with E-state index in [-0.39, 0.29) is 5.92 Å². The second kappa shape index (κ2) is 8.37. The minimum absolute atomic E-state index is 0.106. The molecule has 2 aliphatic carbocycles. The van der Waals surface area contributed by atoms with Crippen LogP contribution in [-0.4, -0.2) is 41.1 Å². The Morgan fingerprint density at radius 1 is 1.17 bits per heavy atom. The van der Waals surface area contributed by atoms with E-state index in [2.05, 4.69) is 53.2 Å². The summed E-state index contributed by atoms with van der Waals surface area (Å²) in [6.45, 7) is 4.22. The summed E-state index contributed by atoms with van der Waals surface area (Å²) in [5.74, 6) is 0.866. The number of aromatic nitrogens is 1. The predicted molar refractivity (Wildman–Crippen MR) is 123 cm³/mol. The highest BCUT2D eigenvalue weighted by Gasteiger charge is 2.41. The Balaban J connectivity index is 1.39. The molecule has 2 fully saturated rings. The second-order valence-corrected chi connectivity index (χ2v) is 10.0. The summed E-state index contributed by atoms with van der Waals surface area (Å²) in [7, 11) is 2.23. The lowest BCUT2D eigenvalue weighted by Crippen LogP contribution is -2.52. The Morgan fingerprint density at radius 2 is 1.97 bits per heavy atom. The molecule has 162 valence electrons. The molecule has 0 bridgehead atoms. The smallest absolute Gasteiger partial charge is 0.224 e. The van der Waals surface area contributed by atoms with Crippen LogP contribution in [0.25, 0.3) is 10.9 Å². The average Bonchev–Trinajstić information content (AvgIpc) is 2.91.